The molecule has 0 unspecified atom stereocenters. The summed E-state index contributed by atoms with van der Waals surface area (Å²) in [6, 6.07) is 9.74. The normalized spacial score (nSPS) is 13.2. The minimum atomic E-state index is -0.859. The topological polar surface area (TPSA) is 63.4 Å². The third-order valence-electron chi connectivity index (χ3n) is 4.52. The van der Waals surface area contributed by atoms with E-state index in [4.69, 9.17) is 9.47 Å². The summed E-state index contributed by atoms with van der Waals surface area (Å²) >= 11 is 0. The van der Waals surface area contributed by atoms with Gasteiger partial charge in [0.05, 0.1) is 5.41 Å². The Labute approximate surface area is 143 Å². The van der Waals surface area contributed by atoms with E-state index in [0.29, 0.717) is 22.6 Å². The number of anilines is 1. The van der Waals surface area contributed by atoms with E-state index in [0.717, 1.165) is 11.1 Å². The van der Waals surface area contributed by atoms with Crippen molar-refractivity contribution in [2.24, 2.45) is 0 Å². The summed E-state index contributed by atoms with van der Waals surface area (Å²) in [4.78, 5) is 16.0. The number of rotatable bonds is 3. The van der Waals surface area contributed by atoms with Crippen molar-refractivity contribution >= 4 is 22.5 Å². The van der Waals surface area contributed by atoms with E-state index in [2.05, 4.69) is 10.3 Å². The van der Waals surface area contributed by atoms with Crippen LogP contribution in [0.1, 0.15) is 19.4 Å². The summed E-state index contributed by atoms with van der Waals surface area (Å²) in [5.41, 5.74) is 1.29. The molecule has 2 N–H and O–H groups in total. The number of hydrogen-bond donors (Lipinski definition) is 2. The number of aromatic amines is 1. The van der Waals surface area contributed by atoms with Gasteiger partial charge in [0.25, 0.3) is 0 Å². The number of carbonyl (C=O) groups excluding carboxylic acids is 1. The predicted octanol–water partition coefficient (Wildman–Crippen LogP) is 3.95. The van der Waals surface area contributed by atoms with Crippen LogP contribution in [0.5, 0.6) is 11.5 Å². The Bertz CT molecular complexity index is 978. The average molecular weight is 340 g/mol. The molecular formula is C19H17FN2O3. The zero-order valence-corrected chi connectivity index (χ0v) is 13.9. The Morgan fingerprint density at radius 2 is 1.96 bits per heavy atom. The van der Waals surface area contributed by atoms with Gasteiger partial charge >= 0.3 is 0 Å². The Morgan fingerprint density at radius 3 is 2.80 bits per heavy atom. The average Bonchev–Trinajstić information content (AvgIpc) is 3.20. The molecule has 0 saturated carbocycles. The molecule has 4 rings (SSSR count). The zero-order valence-electron chi connectivity index (χ0n) is 13.9. The van der Waals surface area contributed by atoms with Crippen LogP contribution in [-0.2, 0) is 10.2 Å². The summed E-state index contributed by atoms with van der Waals surface area (Å²) in [6.45, 7) is 3.80. The quantitative estimate of drug-likeness (QED) is 0.759. The second-order valence-corrected chi connectivity index (χ2v) is 6.54. The van der Waals surface area contributed by atoms with Crippen molar-refractivity contribution in [3.05, 3.63) is 54.0 Å². The van der Waals surface area contributed by atoms with Crippen LogP contribution in [0.15, 0.2) is 42.6 Å². The van der Waals surface area contributed by atoms with Gasteiger partial charge in [-0.15, -0.1) is 0 Å². The standard InChI is InChI=1S/C19H17FN2O3/c1-19(2,14-9-21-15-5-3-11(20)7-13(14)15)18(23)22-12-4-6-16-17(8-12)25-10-24-16/h3-9,21H,10H2,1-2H3,(H,22,23). The number of fused-ring (bicyclic) bond motifs is 2. The first kappa shape index (κ1) is 15.5. The Kier molecular flexibility index (Phi) is 3.42. The van der Waals surface area contributed by atoms with E-state index in [-0.39, 0.29) is 18.5 Å². The van der Waals surface area contributed by atoms with Gasteiger partial charge in [-0.1, -0.05) is 0 Å². The molecule has 0 spiro atoms. The van der Waals surface area contributed by atoms with E-state index in [1.165, 1.54) is 12.1 Å². The molecule has 1 amide bonds. The zero-order chi connectivity index (χ0) is 17.6. The predicted molar refractivity (Wildman–Crippen MR) is 92.5 cm³/mol. The van der Waals surface area contributed by atoms with E-state index in [1.54, 1.807) is 30.5 Å². The molecule has 0 aliphatic carbocycles. The lowest BCUT2D eigenvalue weighted by Crippen LogP contribution is -2.34. The third kappa shape index (κ3) is 2.59. The number of aromatic nitrogens is 1. The highest BCUT2D eigenvalue weighted by Crippen LogP contribution is 2.36. The molecule has 3 aromatic rings. The maximum absolute atomic E-state index is 13.6. The Morgan fingerprint density at radius 1 is 1.16 bits per heavy atom. The molecule has 1 aromatic heterocycles. The van der Waals surface area contributed by atoms with Crippen molar-refractivity contribution in [1.29, 1.82) is 0 Å². The second-order valence-electron chi connectivity index (χ2n) is 6.54. The first-order chi connectivity index (χ1) is 11.9. The highest BCUT2D eigenvalue weighted by molar-refractivity contribution is 6.02. The van der Waals surface area contributed by atoms with Crippen LogP contribution < -0.4 is 14.8 Å². The number of amides is 1. The molecule has 2 aromatic carbocycles. The minimum Gasteiger partial charge on any atom is -0.454 e. The lowest BCUT2D eigenvalue weighted by atomic mass is 9.83. The summed E-state index contributed by atoms with van der Waals surface area (Å²) < 4.78 is 24.2. The molecule has 2 heterocycles. The van der Waals surface area contributed by atoms with Gasteiger partial charge in [-0.2, -0.15) is 0 Å². The van der Waals surface area contributed by atoms with E-state index in [9.17, 15) is 9.18 Å². The van der Waals surface area contributed by atoms with Gasteiger partial charge in [0.2, 0.25) is 12.7 Å². The highest BCUT2D eigenvalue weighted by atomic mass is 19.1. The number of H-pyrrole nitrogens is 1. The van der Waals surface area contributed by atoms with Crippen molar-refractivity contribution in [3.63, 3.8) is 0 Å². The Hall–Kier alpha value is -3.02. The van der Waals surface area contributed by atoms with Crippen molar-refractivity contribution in [2.75, 3.05) is 12.1 Å². The molecule has 1 aliphatic heterocycles. The molecule has 1 aliphatic rings. The summed E-state index contributed by atoms with van der Waals surface area (Å²) in [5, 5.41) is 3.60. The van der Waals surface area contributed by atoms with E-state index >= 15 is 0 Å². The van der Waals surface area contributed by atoms with Crippen LogP contribution in [0.4, 0.5) is 10.1 Å². The fourth-order valence-electron chi connectivity index (χ4n) is 2.99. The minimum absolute atomic E-state index is 0.180. The largest absolute Gasteiger partial charge is 0.454 e. The maximum atomic E-state index is 13.6. The number of ether oxygens (including phenoxy) is 2. The Balaban J connectivity index is 1.64. The smallest absolute Gasteiger partial charge is 0.234 e. The molecule has 25 heavy (non-hydrogen) atoms. The summed E-state index contributed by atoms with van der Waals surface area (Å²) in [5.74, 6) is 0.728. The highest BCUT2D eigenvalue weighted by Gasteiger charge is 2.32. The van der Waals surface area contributed by atoms with Crippen LogP contribution in [0.2, 0.25) is 0 Å². The first-order valence-electron chi connectivity index (χ1n) is 7.93. The van der Waals surface area contributed by atoms with E-state index in [1.807, 2.05) is 13.8 Å². The van der Waals surface area contributed by atoms with Crippen LogP contribution in [0, 0.1) is 5.82 Å². The van der Waals surface area contributed by atoms with Gasteiger partial charge in [0, 0.05) is 28.9 Å². The van der Waals surface area contributed by atoms with Gasteiger partial charge in [-0.25, -0.2) is 4.39 Å². The summed E-state index contributed by atoms with van der Waals surface area (Å²) in [6.07, 6.45) is 1.75. The SMILES string of the molecule is CC(C)(C(=O)Nc1ccc2c(c1)OCO2)c1c[nH]c2ccc(F)cc12. The van der Waals surface area contributed by atoms with Crippen LogP contribution in [0.3, 0.4) is 0 Å². The fourth-order valence-corrected chi connectivity index (χ4v) is 2.99. The van der Waals surface area contributed by atoms with Crippen LogP contribution in [-0.4, -0.2) is 17.7 Å². The molecule has 128 valence electrons. The molecule has 0 saturated heterocycles. The van der Waals surface area contributed by atoms with Gasteiger partial charge in [0.1, 0.15) is 5.82 Å². The number of hydrogen-bond acceptors (Lipinski definition) is 3. The number of benzene rings is 2. The summed E-state index contributed by atoms with van der Waals surface area (Å²) in [7, 11) is 0. The maximum Gasteiger partial charge on any atom is 0.234 e. The number of carbonyl (C=O) groups is 1. The van der Waals surface area contributed by atoms with E-state index < -0.39 is 5.41 Å². The third-order valence-corrected chi connectivity index (χ3v) is 4.52. The molecule has 0 atom stereocenters. The molecule has 6 heteroatoms. The van der Waals surface area contributed by atoms with Gasteiger partial charge in [-0.05, 0) is 49.7 Å². The molecule has 0 bridgehead atoms. The first-order valence-corrected chi connectivity index (χ1v) is 7.93. The van der Waals surface area contributed by atoms with Gasteiger partial charge in [-0.3, -0.25) is 4.79 Å². The van der Waals surface area contributed by atoms with Crippen LogP contribution in [0.25, 0.3) is 10.9 Å². The van der Waals surface area contributed by atoms with Crippen molar-refractivity contribution < 1.29 is 18.7 Å². The lowest BCUT2D eigenvalue weighted by Gasteiger charge is -2.23. The van der Waals surface area contributed by atoms with Gasteiger partial charge < -0.3 is 19.8 Å². The molecule has 0 radical (unpaired) electrons. The van der Waals surface area contributed by atoms with Crippen LogP contribution >= 0.6 is 0 Å². The molecular weight excluding hydrogens is 323 g/mol. The number of halogens is 1. The molecule has 5 nitrogen and oxygen atoms in total. The monoisotopic (exact) mass is 340 g/mol. The lowest BCUT2D eigenvalue weighted by molar-refractivity contribution is -0.120. The van der Waals surface area contributed by atoms with Gasteiger partial charge in [0.15, 0.2) is 11.5 Å². The van der Waals surface area contributed by atoms with Crippen molar-refractivity contribution in [3.8, 4) is 11.5 Å². The van der Waals surface area contributed by atoms with Crippen molar-refractivity contribution in [2.45, 2.75) is 19.3 Å². The van der Waals surface area contributed by atoms with Crippen molar-refractivity contribution in [1.82, 2.24) is 4.98 Å². The number of nitrogens with one attached hydrogen (secondary N) is 2. The molecule has 0 fully saturated rings. The fraction of sp³-hybridized carbons (Fsp3) is 0.211. The second kappa shape index (κ2) is 5.51.